The monoisotopic (exact) mass is 461 g/mol. The van der Waals surface area contributed by atoms with Crippen LogP contribution in [0.3, 0.4) is 0 Å². The molecule has 3 aromatic rings. The Bertz CT molecular complexity index is 1210. The van der Waals surface area contributed by atoms with Crippen LogP contribution in [0.2, 0.25) is 5.02 Å². The molecule has 6 nitrogen and oxygen atoms in total. The van der Waals surface area contributed by atoms with Crippen LogP contribution in [0.25, 0.3) is 10.9 Å². The number of halogens is 1. The fourth-order valence-electron chi connectivity index (χ4n) is 3.86. The first kappa shape index (κ1) is 22.0. The van der Waals surface area contributed by atoms with Gasteiger partial charge in [-0.2, -0.15) is 0 Å². The number of morpholine rings is 1. The summed E-state index contributed by atoms with van der Waals surface area (Å²) in [5.74, 6) is 0.548. The zero-order valence-corrected chi connectivity index (χ0v) is 19.8. The Hall–Kier alpha value is -2.22. The van der Waals surface area contributed by atoms with Crippen LogP contribution >= 0.6 is 11.6 Å². The maximum Gasteiger partial charge on any atom is 0.269 e. The Kier molecular flexibility index (Phi) is 5.70. The number of anilines is 2. The minimum Gasteiger partial charge on any atom is -0.378 e. The van der Waals surface area contributed by atoms with Gasteiger partial charge < -0.3 is 15.0 Å². The number of rotatable bonds is 4. The molecule has 1 aliphatic heterocycles. The van der Waals surface area contributed by atoms with Gasteiger partial charge in [0.1, 0.15) is 5.82 Å². The lowest BCUT2D eigenvalue weighted by molar-refractivity contribution is 0.123. The van der Waals surface area contributed by atoms with Crippen LogP contribution in [0.5, 0.6) is 0 Å². The second kappa shape index (κ2) is 8.04. The zero-order valence-electron chi connectivity index (χ0n) is 18.3. The summed E-state index contributed by atoms with van der Waals surface area (Å²) in [5.41, 5.74) is 2.08. The lowest BCUT2D eigenvalue weighted by Crippen LogP contribution is -2.37. The number of nitrogens with zero attached hydrogens (tertiary/aromatic N) is 2. The molecule has 0 spiro atoms. The molecule has 1 saturated heterocycles. The topological polar surface area (TPSA) is 63.6 Å². The molecule has 166 valence electrons. The number of benzene rings is 2. The highest BCUT2D eigenvalue weighted by Crippen LogP contribution is 2.43. The number of aromatic nitrogens is 1. The number of ether oxygens (including phenoxy) is 1. The van der Waals surface area contributed by atoms with Crippen molar-refractivity contribution in [2.24, 2.45) is 0 Å². The van der Waals surface area contributed by atoms with Gasteiger partial charge in [-0.3, -0.25) is 0 Å². The van der Waals surface area contributed by atoms with Gasteiger partial charge in [-0.15, -0.1) is 0 Å². The van der Waals surface area contributed by atoms with Crippen molar-refractivity contribution in [3.8, 4) is 0 Å². The van der Waals surface area contributed by atoms with Crippen molar-refractivity contribution in [2.75, 3.05) is 36.5 Å². The fourth-order valence-corrected chi connectivity index (χ4v) is 5.51. The lowest BCUT2D eigenvalue weighted by Gasteiger charge is -2.32. The van der Waals surface area contributed by atoms with E-state index in [4.69, 9.17) is 16.3 Å². The maximum absolute atomic E-state index is 13.9. The molecule has 0 atom stereocenters. The van der Waals surface area contributed by atoms with Gasteiger partial charge in [-0.05, 0) is 58.0 Å². The second-order valence-electron chi connectivity index (χ2n) is 8.92. The van der Waals surface area contributed by atoms with Gasteiger partial charge in [0, 0.05) is 29.0 Å². The van der Waals surface area contributed by atoms with Gasteiger partial charge >= 0.3 is 0 Å². The summed E-state index contributed by atoms with van der Waals surface area (Å²) < 4.78 is 34.8. The highest BCUT2D eigenvalue weighted by molar-refractivity contribution is 7.90. The van der Waals surface area contributed by atoms with Crippen LogP contribution in [-0.2, 0) is 14.8 Å². The maximum atomic E-state index is 13.9. The molecule has 0 bridgehead atoms. The summed E-state index contributed by atoms with van der Waals surface area (Å²) in [6.07, 6.45) is 0. The van der Waals surface area contributed by atoms with Gasteiger partial charge in [0.2, 0.25) is 0 Å². The lowest BCUT2D eigenvalue weighted by atomic mass is 10.1. The van der Waals surface area contributed by atoms with E-state index in [-0.39, 0.29) is 10.4 Å². The van der Waals surface area contributed by atoms with Gasteiger partial charge in [0.05, 0.1) is 29.3 Å². The van der Waals surface area contributed by atoms with Gasteiger partial charge in [0.15, 0.2) is 0 Å². The molecule has 1 fully saturated rings. The van der Waals surface area contributed by atoms with Crippen molar-refractivity contribution in [2.45, 2.75) is 38.1 Å². The predicted octanol–water partition coefficient (Wildman–Crippen LogP) is 4.89. The molecule has 2 heterocycles. The standard InChI is InChI=1S/C23H28ClN3O3S/c1-16-5-8-18(9-6-16)31(28,29)27-20-10-7-17(24)15-19(20)21(22(27)25-23(2,3)4)26-11-13-30-14-12-26/h5-10,15,25H,11-14H2,1-4H3. The molecule has 1 N–H and O–H groups in total. The molecule has 0 aliphatic carbocycles. The Morgan fingerprint density at radius 3 is 2.29 bits per heavy atom. The Morgan fingerprint density at radius 1 is 1.03 bits per heavy atom. The van der Waals surface area contributed by atoms with E-state index < -0.39 is 10.0 Å². The van der Waals surface area contributed by atoms with Crippen LogP contribution < -0.4 is 10.2 Å². The van der Waals surface area contributed by atoms with E-state index in [1.165, 1.54) is 3.97 Å². The molecule has 2 aromatic carbocycles. The van der Waals surface area contributed by atoms with E-state index in [1.54, 1.807) is 24.3 Å². The first-order chi connectivity index (χ1) is 14.6. The highest BCUT2D eigenvalue weighted by atomic mass is 35.5. The Balaban J connectivity index is 2.05. The van der Waals surface area contributed by atoms with E-state index in [0.717, 1.165) is 16.6 Å². The normalized spacial score (nSPS) is 15.5. The van der Waals surface area contributed by atoms with Crippen molar-refractivity contribution < 1.29 is 13.2 Å². The average Bonchev–Trinajstić information content (AvgIpc) is 3.00. The van der Waals surface area contributed by atoms with Gasteiger partial charge in [-0.1, -0.05) is 29.3 Å². The third-order valence-corrected chi connectivity index (χ3v) is 7.20. The molecular weight excluding hydrogens is 434 g/mol. The predicted molar refractivity (Wildman–Crippen MR) is 127 cm³/mol. The molecule has 8 heteroatoms. The van der Waals surface area contributed by atoms with Crippen LogP contribution in [0.15, 0.2) is 47.4 Å². The molecule has 31 heavy (non-hydrogen) atoms. The van der Waals surface area contributed by atoms with Gasteiger partial charge in [0.25, 0.3) is 10.0 Å². The summed E-state index contributed by atoms with van der Waals surface area (Å²) >= 11 is 6.35. The summed E-state index contributed by atoms with van der Waals surface area (Å²) in [6.45, 7) is 10.5. The van der Waals surface area contributed by atoms with E-state index in [1.807, 2.05) is 45.9 Å². The van der Waals surface area contributed by atoms with Crippen LogP contribution in [-0.4, -0.2) is 44.2 Å². The molecule has 0 radical (unpaired) electrons. The van der Waals surface area contributed by atoms with Crippen LogP contribution in [0.4, 0.5) is 11.5 Å². The van der Waals surface area contributed by atoms with E-state index in [2.05, 4.69) is 10.2 Å². The van der Waals surface area contributed by atoms with Gasteiger partial charge in [-0.25, -0.2) is 12.4 Å². The van der Waals surface area contributed by atoms with Crippen molar-refractivity contribution in [1.29, 1.82) is 0 Å². The summed E-state index contributed by atoms with van der Waals surface area (Å²) in [4.78, 5) is 2.42. The highest BCUT2D eigenvalue weighted by Gasteiger charge is 2.32. The second-order valence-corrected chi connectivity index (χ2v) is 11.1. The average molecular weight is 462 g/mol. The van der Waals surface area contributed by atoms with E-state index in [9.17, 15) is 8.42 Å². The van der Waals surface area contributed by atoms with Crippen LogP contribution in [0.1, 0.15) is 26.3 Å². The number of hydrogen-bond donors (Lipinski definition) is 1. The molecular formula is C23H28ClN3O3S. The fraction of sp³-hybridized carbons (Fsp3) is 0.391. The SMILES string of the molecule is Cc1ccc(S(=O)(=O)n2c(NC(C)(C)C)c(N3CCOCC3)c3cc(Cl)ccc32)cc1. The number of fused-ring (bicyclic) bond motifs is 1. The van der Waals surface area contributed by atoms with Crippen molar-refractivity contribution in [3.63, 3.8) is 0 Å². The molecule has 0 unspecified atom stereocenters. The van der Waals surface area contributed by atoms with E-state index in [0.29, 0.717) is 42.7 Å². The molecule has 0 amide bonds. The third-order valence-electron chi connectivity index (χ3n) is 5.24. The summed E-state index contributed by atoms with van der Waals surface area (Å²) in [7, 11) is -3.86. The molecule has 1 aliphatic rings. The quantitative estimate of drug-likeness (QED) is 0.599. The largest absolute Gasteiger partial charge is 0.378 e. The number of aryl methyl sites for hydroxylation is 1. The number of nitrogens with one attached hydrogen (secondary N) is 1. The number of hydrogen-bond acceptors (Lipinski definition) is 5. The summed E-state index contributed by atoms with van der Waals surface area (Å²) in [5, 5.41) is 4.84. The minimum atomic E-state index is -3.86. The first-order valence-electron chi connectivity index (χ1n) is 10.3. The Morgan fingerprint density at radius 2 is 1.68 bits per heavy atom. The van der Waals surface area contributed by atoms with Crippen LogP contribution in [0, 0.1) is 6.92 Å². The molecule has 0 saturated carbocycles. The third kappa shape index (κ3) is 4.27. The molecule has 4 rings (SSSR count). The van der Waals surface area contributed by atoms with Crippen molar-refractivity contribution in [3.05, 3.63) is 53.1 Å². The van der Waals surface area contributed by atoms with E-state index >= 15 is 0 Å². The first-order valence-corrected chi connectivity index (χ1v) is 12.2. The smallest absolute Gasteiger partial charge is 0.269 e. The molecule has 1 aromatic heterocycles. The minimum absolute atomic E-state index is 0.246. The van der Waals surface area contributed by atoms with Crippen molar-refractivity contribution in [1.82, 2.24) is 3.97 Å². The zero-order chi connectivity index (χ0) is 22.4. The van der Waals surface area contributed by atoms with Crippen molar-refractivity contribution >= 4 is 44.0 Å². The Labute approximate surface area is 188 Å². The summed E-state index contributed by atoms with van der Waals surface area (Å²) in [6, 6.07) is 12.3.